The molecule has 0 aromatic carbocycles. The molecule has 0 saturated carbocycles. The number of hydrogen-bond donors (Lipinski definition) is 1. The first-order chi connectivity index (χ1) is 5.19. The molecule has 1 fully saturated rings. The van der Waals surface area contributed by atoms with Crippen LogP contribution < -0.4 is 5.32 Å². The van der Waals surface area contributed by atoms with E-state index >= 15 is 0 Å². The van der Waals surface area contributed by atoms with Crippen LogP contribution in [0.15, 0.2) is 12.7 Å². The molecule has 1 saturated heterocycles. The molecule has 1 heterocycles. The highest BCUT2D eigenvalue weighted by Crippen LogP contribution is 2.30. The first kappa shape index (κ1) is 8.31. The lowest BCUT2D eigenvalue weighted by molar-refractivity contribution is -0.132. The lowest BCUT2D eigenvalue weighted by Gasteiger charge is -2.31. The van der Waals surface area contributed by atoms with E-state index in [0.717, 1.165) is 25.8 Å². The summed E-state index contributed by atoms with van der Waals surface area (Å²) in [7, 11) is 0. The predicted octanol–water partition coefficient (Wildman–Crippen LogP) is 1.48. The summed E-state index contributed by atoms with van der Waals surface area (Å²) in [6.07, 6.45) is 4.70. The second-order valence-electron chi connectivity index (χ2n) is 3.41. The average Bonchev–Trinajstić information content (AvgIpc) is 1.96. The van der Waals surface area contributed by atoms with E-state index in [9.17, 15) is 4.79 Å². The normalized spacial score (nSPS) is 31.2. The summed E-state index contributed by atoms with van der Waals surface area (Å²) in [4.78, 5) is 11.3. The summed E-state index contributed by atoms with van der Waals surface area (Å²) in [5.41, 5.74) is -0.181. The molecule has 0 aromatic rings. The lowest BCUT2D eigenvalue weighted by Crippen LogP contribution is -2.43. The SMILES string of the molecule is C=CC[C@]1(C)CCCNC1=O. The van der Waals surface area contributed by atoms with Gasteiger partial charge in [0.05, 0.1) is 0 Å². The minimum Gasteiger partial charge on any atom is -0.356 e. The van der Waals surface area contributed by atoms with Crippen LogP contribution in [0, 0.1) is 5.41 Å². The van der Waals surface area contributed by atoms with Gasteiger partial charge in [-0.1, -0.05) is 13.0 Å². The van der Waals surface area contributed by atoms with E-state index in [1.165, 1.54) is 0 Å². The molecule has 1 N–H and O–H groups in total. The fourth-order valence-corrected chi connectivity index (χ4v) is 1.52. The highest BCUT2D eigenvalue weighted by Gasteiger charge is 2.33. The summed E-state index contributed by atoms with van der Waals surface area (Å²) < 4.78 is 0. The fourth-order valence-electron chi connectivity index (χ4n) is 1.52. The first-order valence-electron chi connectivity index (χ1n) is 4.08. The van der Waals surface area contributed by atoms with Crippen LogP contribution in [0.1, 0.15) is 26.2 Å². The van der Waals surface area contributed by atoms with Crippen LogP contribution in [-0.2, 0) is 4.79 Å². The van der Waals surface area contributed by atoms with Gasteiger partial charge in [-0.2, -0.15) is 0 Å². The van der Waals surface area contributed by atoms with Gasteiger partial charge in [0, 0.05) is 12.0 Å². The maximum atomic E-state index is 11.3. The van der Waals surface area contributed by atoms with Crippen molar-refractivity contribution in [3.63, 3.8) is 0 Å². The van der Waals surface area contributed by atoms with Crippen molar-refractivity contribution in [2.24, 2.45) is 5.41 Å². The summed E-state index contributed by atoms with van der Waals surface area (Å²) in [6, 6.07) is 0. The largest absolute Gasteiger partial charge is 0.356 e. The zero-order chi connectivity index (χ0) is 8.32. The van der Waals surface area contributed by atoms with E-state index in [0.29, 0.717) is 0 Å². The highest BCUT2D eigenvalue weighted by molar-refractivity contribution is 5.83. The number of allylic oxidation sites excluding steroid dienone is 1. The predicted molar refractivity (Wildman–Crippen MR) is 45.2 cm³/mol. The minimum atomic E-state index is -0.181. The smallest absolute Gasteiger partial charge is 0.226 e. The van der Waals surface area contributed by atoms with Crippen LogP contribution in [0.3, 0.4) is 0 Å². The van der Waals surface area contributed by atoms with Crippen molar-refractivity contribution in [3.05, 3.63) is 12.7 Å². The van der Waals surface area contributed by atoms with Crippen LogP contribution in [0.5, 0.6) is 0 Å². The number of amides is 1. The van der Waals surface area contributed by atoms with Gasteiger partial charge in [0.2, 0.25) is 5.91 Å². The molecule has 0 radical (unpaired) electrons. The Balaban J connectivity index is 2.64. The van der Waals surface area contributed by atoms with Crippen molar-refractivity contribution >= 4 is 5.91 Å². The Morgan fingerprint density at radius 2 is 2.55 bits per heavy atom. The second kappa shape index (κ2) is 3.07. The Morgan fingerprint density at radius 3 is 3.09 bits per heavy atom. The molecule has 2 heteroatoms. The molecule has 1 rings (SSSR count). The molecule has 1 aliphatic heterocycles. The van der Waals surface area contributed by atoms with E-state index in [2.05, 4.69) is 11.9 Å². The quantitative estimate of drug-likeness (QED) is 0.598. The van der Waals surface area contributed by atoms with Gasteiger partial charge in [0.25, 0.3) is 0 Å². The Hall–Kier alpha value is -0.790. The van der Waals surface area contributed by atoms with Crippen molar-refractivity contribution in [3.8, 4) is 0 Å². The Labute approximate surface area is 67.7 Å². The second-order valence-corrected chi connectivity index (χ2v) is 3.41. The van der Waals surface area contributed by atoms with Gasteiger partial charge in [0.1, 0.15) is 0 Å². The van der Waals surface area contributed by atoms with Gasteiger partial charge < -0.3 is 5.32 Å². The Kier molecular flexibility index (Phi) is 2.32. The maximum absolute atomic E-state index is 11.3. The molecule has 2 nitrogen and oxygen atoms in total. The molecule has 0 aliphatic carbocycles. The molecule has 11 heavy (non-hydrogen) atoms. The Morgan fingerprint density at radius 1 is 1.82 bits per heavy atom. The summed E-state index contributed by atoms with van der Waals surface area (Å²) >= 11 is 0. The number of carbonyl (C=O) groups excluding carboxylic acids is 1. The minimum absolute atomic E-state index is 0.181. The summed E-state index contributed by atoms with van der Waals surface area (Å²) in [6.45, 7) is 6.50. The van der Waals surface area contributed by atoms with Crippen LogP contribution in [-0.4, -0.2) is 12.5 Å². The average molecular weight is 153 g/mol. The van der Waals surface area contributed by atoms with Gasteiger partial charge in [-0.15, -0.1) is 6.58 Å². The van der Waals surface area contributed by atoms with Crippen LogP contribution in [0.25, 0.3) is 0 Å². The van der Waals surface area contributed by atoms with E-state index in [4.69, 9.17) is 0 Å². The molecule has 0 bridgehead atoms. The molecule has 0 aromatic heterocycles. The third-order valence-electron chi connectivity index (χ3n) is 2.33. The number of piperidine rings is 1. The van der Waals surface area contributed by atoms with E-state index in [1.54, 1.807) is 0 Å². The molecule has 1 amide bonds. The number of hydrogen-bond acceptors (Lipinski definition) is 1. The van der Waals surface area contributed by atoms with E-state index in [-0.39, 0.29) is 11.3 Å². The van der Waals surface area contributed by atoms with Crippen LogP contribution >= 0.6 is 0 Å². The molecular formula is C9H15NO. The highest BCUT2D eigenvalue weighted by atomic mass is 16.2. The number of carbonyl (C=O) groups is 1. The van der Waals surface area contributed by atoms with Crippen molar-refractivity contribution < 1.29 is 4.79 Å². The molecular weight excluding hydrogens is 138 g/mol. The summed E-state index contributed by atoms with van der Waals surface area (Å²) in [5.74, 6) is 0.184. The number of rotatable bonds is 2. The standard InChI is InChI=1S/C9H15NO/c1-3-5-9(2)6-4-7-10-8(9)11/h3H,1,4-7H2,2H3,(H,10,11)/t9-/m1/s1. The van der Waals surface area contributed by atoms with Gasteiger partial charge in [0.15, 0.2) is 0 Å². The molecule has 1 atom stereocenters. The Bertz CT molecular complexity index is 176. The van der Waals surface area contributed by atoms with E-state index in [1.807, 2.05) is 13.0 Å². The van der Waals surface area contributed by atoms with Gasteiger partial charge in [-0.3, -0.25) is 4.79 Å². The van der Waals surface area contributed by atoms with Gasteiger partial charge in [-0.25, -0.2) is 0 Å². The van der Waals surface area contributed by atoms with Crippen molar-refractivity contribution in [2.45, 2.75) is 26.2 Å². The molecule has 0 unspecified atom stereocenters. The third kappa shape index (κ3) is 1.62. The van der Waals surface area contributed by atoms with Crippen molar-refractivity contribution in [1.29, 1.82) is 0 Å². The van der Waals surface area contributed by atoms with E-state index < -0.39 is 0 Å². The molecule has 62 valence electrons. The molecule has 0 spiro atoms. The first-order valence-corrected chi connectivity index (χ1v) is 4.08. The van der Waals surface area contributed by atoms with Crippen molar-refractivity contribution in [1.82, 2.24) is 5.32 Å². The zero-order valence-corrected chi connectivity index (χ0v) is 7.02. The lowest BCUT2D eigenvalue weighted by atomic mass is 9.79. The molecule has 1 aliphatic rings. The summed E-state index contributed by atoms with van der Waals surface area (Å²) in [5, 5.41) is 2.87. The number of nitrogens with one attached hydrogen (secondary N) is 1. The fraction of sp³-hybridized carbons (Fsp3) is 0.667. The van der Waals surface area contributed by atoms with Crippen LogP contribution in [0.4, 0.5) is 0 Å². The monoisotopic (exact) mass is 153 g/mol. The zero-order valence-electron chi connectivity index (χ0n) is 7.02. The van der Waals surface area contributed by atoms with Gasteiger partial charge in [-0.05, 0) is 19.3 Å². The van der Waals surface area contributed by atoms with Gasteiger partial charge >= 0.3 is 0 Å². The third-order valence-corrected chi connectivity index (χ3v) is 2.33. The van der Waals surface area contributed by atoms with Crippen LogP contribution in [0.2, 0.25) is 0 Å². The van der Waals surface area contributed by atoms with Crippen molar-refractivity contribution in [2.75, 3.05) is 6.54 Å². The topological polar surface area (TPSA) is 29.1 Å². The maximum Gasteiger partial charge on any atom is 0.226 e.